The Balaban J connectivity index is 1.59. The molecule has 0 amide bonds. The minimum Gasteiger partial charge on any atom is -0.494 e. The van der Waals surface area contributed by atoms with Crippen LogP contribution in [0.4, 0.5) is 0 Å². The van der Waals surface area contributed by atoms with E-state index in [-0.39, 0.29) is 0 Å². The van der Waals surface area contributed by atoms with E-state index in [1.54, 1.807) is 7.11 Å². The van der Waals surface area contributed by atoms with Crippen molar-refractivity contribution in [1.29, 1.82) is 0 Å². The third-order valence-corrected chi connectivity index (χ3v) is 4.72. The molecule has 26 heavy (non-hydrogen) atoms. The fraction of sp³-hybridized carbons (Fsp3) is 0.409. The number of ether oxygens (including phenoxy) is 1. The normalized spacial score (nSPS) is 15.4. The zero-order valence-corrected chi connectivity index (χ0v) is 15.8. The maximum absolute atomic E-state index is 5.49. The first-order valence-corrected chi connectivity index (χ1v) is 9.68. The molecule has 0 saturated carbocycles. The van der Waals surface area contributed by atoms with Crippen LogP contribution >= 0.6 is 0 Å². The average Bonchev–Trinajstić information content (AvgIpc) is 3.39. The monoisotopic (exact) mass is 351 g/mol. The fourth-order valence-corrected chi connectivity index (χ4v) is 3.24. The van der Waals surface area contributed by atoms with Gasteiger partial charge >= 0.3 is 0 Å². The first kappa shape index (κ1) is 18.3. The molecule has 3 rings (SSSR count). The van der Waals surface area contributed by atoms with Crippen LogP contribution in [-0.2, 0) is 11.2 Å². The van der Waals surface area contributed by atoms with Gasteiger partial charge < -0.3 is 14.7 Å². The van der Waals surface area contributed by atoms with Crippen molar-refractivity contribution in [3.05, 3.63) is 65.1 Å². The van der Waals surface area contributed by atoms with Gasteiger partial charge in [0.25, 0.3) is 0 Å². The van der Waals surface area contributed by atoms with Gasteiger partial charge in [-0.05, 0) is 43.2 Å². The number of hydrogen-bond donors (Lipinski definition) is 2. The molecule has 0 bridgehead atoms. The largest absolute Gasteiger partial charge is 0.494 e. The van der Waals surface area contributed by atoms with Gasteiger partial charge in [-0.2, -0.15) is 0 Å². The molecular weight excluding hydrogens is 322 g/mol. The summed E-state index contributed by atoms with van der Waals surface area (Å²) in [6, 6.07) is 8.28. The molecule has 0 aromatic carbocycles. The van der Waals surface area contributed by atoms with Crippen molar-refractivity contribution in [2.45, 2.75) is 51.9 Å². The molecule has 0 aliphatic carbocycles. The van der Waals surface area contributed by atoms with Crippen LogP contribution in [0, 0.1) is 0 Å². The number of allylic oxidation sites excluding steroid dienone is 1. The topological polar surface area (TPSA) is 53.2 Å². The minimum absolute atomic E-state index is 0.793. The molecule has 0 radical (unpaired) electrons. The highest BCUT2D eigenvalue weighted by Crippen LogP contribution is 2.24. The Labute approximate surface area is 156 Å². The Hall–Kier alpha value is -2.49. The Morgan fingerprint density at radius 3 is 2.69 bits per heavy atom. The molecule has 4 heteroatoms. The number of aliphatic imine (C=N–C) groups is 1. The number of aromatic nitrogens is 2. The lowest BCUT2D eigenvalue weighted by atomic mass is 10.1. The smallest absolute Gasteiger partial charge is 0.146 e. The summed E-state index contributed by atoms with van der Waals surface area (Å²) < 4.78 is 5.49. The number of H-pyrrole nitrogens is 2. The van der Waals surface area contributed by atoms with Crippen LogP contribution in [0.15, 0.2) is 53.0 Å². The summed E-state index contributed by atoms with van der Waals surface area (Å²) in [5.74, 6) is 0.793. The summed E-state index contributed by atoms with van der Waals surface area (Å²) in [6.07, 6.45) is 15.0. The van der Waals surface area contributed by atoms with Crippen LogP contribution < -0.4 is 0 Å². The molecule has 1 aliphatic rings. The van der Waals surface area contributed by atoms with E-state index in [1.165, 1.54) is 44.2 Å². The number of methoxy groups -OCH3 is 1. The van der Waals surface area contributed by atoms with E-state index in [9.17, 15) is 0 Å². The van der Waals surface area contributed by atoms with E-state index in [4.69, 9.17) is 9.73 Å². The van der Waals surface area contributed by atoms with Gasteiger partial charge in [0.15, 0.2) is 0 Å². The third-order valence-electron chi connectivity index (χ3n) is 4.72. The molecule has 2 N–H and O–H groups in total. The van der Waals surface area contributed by atoms with Crippen molar-refractivity contribution in [2.24, 2.45) is 4.99 Å². The second kappa shape index (κ2) is 9.27. The first-order valence-electron chi connectivity index (χ1n) is 9.68. The molecular formula is C22H29N3O. The lowest BCUT2D eigenvalue weighted by Gasteiger charge is -2.01. The van der Waals surface area contributed by atoms with Crippen LogP contribution in [0.3, 0.4) is 0 Å². The Morgan fingerprint density at radius 1 is 1.08 bits per heavy atom. The minimum atomic E-state index is 0.793. The molecule has 0 atom stereocenters. The van der Waals surface area contributed by atoms with Gasteiger partial charge in [-0.3, -0.25) is 0 Å². The molecule has 0 fully saturated rings. The summed E-state index contributed by atoms with van der Waals surface area (Å²) in [5, 5.41) is 0. The predicted molar refractivity (Wildman–Crippen MR) is 108 cm³/mol. The van der Waals surface area contributed by atoms with Gasteiger partial charge in [0, 0.05) is 23.7 Å². The number of rotatable bonds is 10. The zero-order chi connectivity index (χ0) is 18.2. The number of aryl methyl sites for hydroxylation is 1. The maximum Gasteiger partial charge on any atom is 0.146 e. The van der Waals surface area contributed by atoms with Gasteiger partial charge in [-0.25, -0.2) is 4.99 Å². The average molecular weight is 351 g/mol. The predicted octanol–water partition coefficient (Wildman–Crippen LogP) is 5.62. The highest BCUT2D eigenvalue weighted by atomic mass is 16.5. The van der Waals surface area contributed by atoms with Crippen LogP contribution in [0.5, 0.6) is 0 Å². The summed E-state index contributed by atoms with van der Waals surface area (Å²) in [6.45, 7) is 2.26. The molecule has 0 saturated heterocycles. The van der Waals surface area contributed by atoms with E-state index >= 15 is 0 Å². The van der Waals surface area contributed by atoms with Crippen LogP contribution in [0.1, 0.15) is 62.5 Å². The van der Waals surface area contributed by atoms with Crippen LogP contribution in [-0.4, -0.2) is 22.8 Å². The Morgan fingerprint density at radius 2 is 1.92 bits per heavy atom. The van der Waals surface area contributed by atoms with Crippen LogP contribution in [0.25, 0.3) is 6.08 Å². The Kier molecular flexibility index (Phi) is 6.53. The van der Waals surface area contributed by atoms with E-state index < -0.39 is 0 Å². The zero-order valence-electron chi connectivity index (χ0n) is 15.8. The molecule has 138 valence electrons. The molecule has 2 aromatic rings. The van der Waals surface area contributed by atoms with Gasteiger partial charge in [-0.15, -0.1) is 0 Å². The third kappa shape index (κ3) is 4.78. The van der Waals surface area contributed by atoms with Crippen molar-refractivity contribution in [3.8, 4) is 0 Å². The van der Waals surface area contributed by atoms with Gasteiger partial charge in [0.05, 0.1) is 18.5 Å². The second-order valence-electron chi connectivity index (χ2n) is 6.78. The quantitative estimate of drug-likeness (QED) is 0.536. The summed E-state index contributed by atoms with van der Waals surface area (Å²) in [7, 11) is 1.69. The summed E-state index contributed by atoms with van der Waals surface area (Å²) in [4.78, 5) is 11.4. The molecule has 4 nitrogen and oxygen atoms in total. The number of aromatic amines is 2. The lowest BCUT2D eigenvalue weighted by molar-refractivity contribution is 0.303. The van der Waals surface area contributed by atoms with Crippen LogP contribution in [0.2, 0.25) is 0 Å². The number of nitrogens with zero attached hydrogens (tertiary/aromatic N) is 1. The van der Waals surface area contributed by atoms with E-state index in [0.29, 0.717) is 0 Å². The van der Waals surface area contributed by atoms with Crippen molar-refractivity contribution < 1.29 is 4.74 Å². The van der Waals surface area contributed by atoms with Crippen molar-refractivity contribution >= 4 is 11.8 Å². The lowest BCUT2D eigenvalue weighted by Crippen LogP contribution is -1.93. The Bertz CT molecular complexity index is 778. The first-order chi connectivity index (χ1) is 12.8. The van der Waals surface area contributed by atoms with Crippen molar-refractivity contribution in [1.82, 2.24) is 9.97 Å². The second-order valence-corrected chi connectivity index (χ2v) is 6.78. The van der Waals surface area contributed by atoms with E-state index in [2.05, 4.69) is 35.1 Å². The molecule has 2 aromatic heterocycles. The molecule has 0 unspecified atom stereocenters. The maximum atomic E-state index is 5.49. The highest BCUT2D eigenvalue weighted by Gasteiger charge is 2.17. The van der Waals surface area contributed by atoms with E-state index in [0.717, 1.165) is 35.0 Å². The summed E-state index contributed by atoms with van der Waals surface area (Å²) >= 11 is 0. The fourth-order valence-electron chi connectivity index (χ4n) is 3.24. The van der Waals surface area contributed by atoms with Crippen molar-refractivity contribution in [2.75, 3.05) is 7.11 Å². The van der Waals surface area contributed by atoms with E-state index in [1.807, 2.05) is 24.4 Å². The standard InChI is InChI=1S/C22H29N3O/c1-3-4-5-6-7-8-10-17-12-13-18(24-17)15-21-22(26-2)16-20(25-21)19-11-9-14-23-19/h9,11-16,23-24H,3-8,10H2,1-2H3/b21-15-. The molecule has 3 heterocycles. The number of nitrogens with one attached hydrogen (secondary N) is 2. The molecule has 1 aliphatic heterocycles. The number of hydrogen-bond acceptors (Lipinski definition) is 2. The molecule has 0 spiro atoms. The highest BCUT2D eigenvalue weighted by molar-refractivity contribution is 6.11. The summed E-state index contributed by atoms with van der Waals surface area (Å²) in [5.41, 5.74) is 5.11. The van der Waals surface area contributed by atoms with Gasteiger partial charge in [0.2, 0.25) is 0 Å². The van der Waals surface area contributed by atoms with Crippen molar-refractivity contribution in [3.63, 3.8) is 0 Å². The SMILES string of the molecule is CCCCCCCCc1ccc(/C=C2\N=C(c3ccc[nH]3)C=C2OC)[nH]1. The van der Waals surface area contributed by atoms with Gasteiger partial charge in [-0.1, -0.05) is 39.0 Å². The number of unbranched alkanes of at least 4 members (excludes halogenated alkanes) is 5. The van der Waals surface area contributed by atoms with Gasteiger partial charge in [0.1, 0.15) is 11.5 Å².